The molecule has 1 unspecified atom stereocenters. The highest BCUT2D eigenvalue weighted by Gasteiger charge is 2.27. The lowest BCUT2D eigenvalue weighted by atomic mass is 9.94. The quantitative estimate of drug-likeness (QED) is 0.758. The van der Waals surface area contributed by atoms with E-state index in [1.165, 1.54) is 0 Å². The summed E-state index contributed by atoms with van der Waals surface area (Å²) < 4.78 is 1.84. The Balaban J connectivity index is 1.96. The van der Waals surface area contributed by atoms with E-state index in [1.54, 1.807) is 0 Å². The van der Waals surface area contributed by atoms with Crippen LogP contribution in [0.1, 0.15) is 30.3 Å². The average molecular weight is 248 g/mol. The third-order valence-electron chi connectivity index (χ3n) is 3.70. The predicted octanol–water partition coefficient (Wildman–Crippen LogP) is 1.51. The molecule has 2 heterocycles. The third-order valence-corrected chi connectivity index (χ3v) is 3.70. The molecule has 98 valence electrons. The lowest BCUT2D eigenvalue weighted by Crippen LogP contribution is -2.43. The summed E-state index contributed by atoms with van der Waals surface area (Å²) in [6.07, 6.45) is 3.33. The van der Waals surface area contributed by atoms with Gasteiger partial charge in [0.05, 0.1) is 12.2 Å². The first-order chi connectivity index (χ1) is 8.61. The van der Waals surface area contributed by atoms with Gasteiger partial charge < -0.3 is 4.57 Å². The molecule has 1 saturated heterocycles. The predicted molar refractivity (Wildman–Crippen MR) is 69.6 cm³/mol. The molecule has 4 heteroatoms. The van der Waals surface area contributed by atoms with Crippen LogP contribution in [0.15, 0.2) is 18.3 Å². The Morgan fingerprint density at radius 1 is 1.50 bits per heavy atom. The van der Waals surface area contributed by atoms with Crippen LogP contribution in [-0.4, -0.2) is 40.7 Å². The van der Waals surface area contributed by atoms with Gasteiger partial charge in [-0.3, -0.25) is 14.5 Å². The zero-order valence-corrected chi connectivity index (χ0v) is 11.1. The summed E-state index contributed by atoms with van der Waals surface area (Å²) in [5, 5.41) is 0. The Kier molecular flexibility index (Phi) is 3.97. The standard InChI is InChI=1S/C14H20N2O2/c1-3-11-9-16(8-6-13(11)17)10-14(18)12-5-4-7-15(12)2/h4-5,7,11H,3,6,8-10H2,1-2H3. The Morgan fingerprint density at radius 2 is 2.28 bits per heavy atom. The van der Waals surface area contributed by atoms with Gasteiger partial charge >= 0.3 is 0 Å². The van der Waals surface area contributed by atoms with E-state index in [0.29, 0.717) is 25.3 Å². The lowest BCUT2D eigenvalue weighted by Gasteiger charge is -2.30. The molecular formula is C14H20N2O2. The number of piperidine rings is 1. The molecule has 0 aromatic carbocycles. The largest absolute Gasteiger partial charge is 0.348 e. The van der Waals surface area contributed by atoms with Crippen molar-refractivity contribution in [3.8, 4) is 0 Å². The van der Waals surface area contributed by atoms with Gasteiger partial charge in [-0.2, -0.15) is 0 Å². The summed E-state index contributed by atoms with van der Waals surface area (Å²) in [7, 11) is 1.88. The van der Waals surface area contributed by atoms with E-state index in [0.717, 1.165) is 18.7 Å². The molecule has 0 aliphatic carbocycles. The summed E-state index contributed by atoms with van der Waals surface area (Å²) in [6.45, 7) is 3.89. The van der Waals surface area contributed by atoms with E-state index in [1.807, 2.05) is 36.9 Å². The first kappa shape index (κ1) is 13.0. The second-order valence-electron chi connectivity index (χ2n) is 4.98. The number of hydrogen-bond acceptors (Lipinski definition) is 3. The van der Waals surface area contributed by atoms with Gasteiger partial charge in [-0.1, -0.05) is 6.92 Å². The van der Waals surface area contributed by atoms with Crippen LogP contribution in [-0.2, 0) is 11.8 Å². The first-order valence-electron chi connectivity index (χ1n) is 6.51. The fourth-order valence-corrected chi connectivity index (χ4v) is 2.51. The first-order valence-corrected chi connectivity index (χ1v) is 6.51. The summed E-state index contributed by atoms with van der Waals surface area (Å²) in [5.74, 6) is 0.590. The number of nitrogens with zero attached hydrogens (tertiary/aromatic N) is 2. The van der Waals surface area contributed by atoms with Gasteiger partial charge in [-0.15, -0.1) is 0 Å². The van der Waals surface area contributed by atoms with Crippen molar-refractivity contribution in [2.45, 2.75) is 19.8 Å². The van der Waals surface area contributed by atoms with Gasteiger partial charge in [0.25, 0.3) is 0 Å². The Morgan fingerprint density at radius 3 is 2.89 bits per heavy atom. The maximum atomic E-state index is 12.1. The molecule has 2 rings (SSSR count). The Bertz CT molecular complexity index is 450. The molecular weight excluding hydrogens is 228 g/mol. The van der Waals surface area contributed by atoms with Gasteiger partial charge in [0.15, 0.2) is 5.78 Å². The smallest absolute Gasteiger partial charge is 0.193 e. The number of carbonyl (C=O) groups excluding carboxylic acids is 2. The minimum absolute atomic E-state index is 0.111. The molecule has 1 fully saturated rings. The minimum atomic E-state index is 0.111. The van der Waals surface area contributed by atoms with Crippen molar-refractivity contribution >= 4 is 11.6 Å². The van der Waals surface area contributed by atoms with Gasteiger partial charge in [0.1, 0.15) is 5.78 Å². The molecule has 1 aromatic rings. The number of ketones is 2. The van der Waals surface area contributed by atoms with Crippen LogP contribution < -0.4 is 0 Å². The molecule has 1 aliphatic heterocycles. The molecule has 18 heavy (non-hydrogen) atoms. The van der Waals surface area contributed by atoms with Crippen LogP contribution in [0.3, 0.4) is 0 Å². The second kappa shape index (κ2) is 5.48. The van der Waals surface area contributed by atoms with Crippen molar-refractivity contribution in [3.05, 3.63) is 24.0 Å². The number of likely N-dealkylation sites (tertiary alicyclic amines) is 1. The number of hydrogen-bond donors (Lipinski definition) is 0. The Labute approximate surface area is 108 Å². The third kappa shape index (κ3) is 2.70. The van der Waals surface area contributed by atoms with Crippen LogP contribution in [0.4, 0.5) is 0 Å². The van der Waals surface area contributed by atoms with Crippen LogP contribution in [0.2, 0.25) is 0 Å². The highest BCUT2D eigenvalue weighted by molar-refractivity contribution is 5.96. The van der Waals surface area contributed by atoms with Crippen LogP contribution in [0.25, 0.3) is 0 Å². The van der Waals surface area contributed by atoms with E-state index < -0.39 is 0 Å². The summed E-state index contributed by atoms with van der Waals surface area (Å²) >= 11 is 0. The van der Waals surface area contributed by atoms with Crippen molar-refractivity contribution in [2.24, 2.45) is 13.0 Å². The number of carbonyl (C=O) groups is 2. The molecule has 0 amide bonds. The maximum Gasteiger partial charge on any atom is 0.193 e. The van der Waals surface area contributed by atoms with E-state index in [2.05, 4.69) is 4.90 Å². The van der Waals surface area contributed by atoms with Crippen molar-refractivity contribution in [1.82, 2.24) is 9.47 Å². The fraction of sp³-hybridized carbons (Fsp3) is 0.571. The summed E-state index contributed by atoms with van der Waals surface area (Å²) in [6, 6.07) is 3.72. The maximum absolute atomic E-state index is 12.1. The van der Waals surface area contributed by atoms with Crippen LogP contribution >= 0.6 is 0 Å². The highest BCUT2D eigenvalue weighted by atomic mass is 16.1. The van der Waals surface area contributed by atoms with Gasteiger partial charge in [0, 0.05) is 38.7 Å². The highest BCUT2D eigenvalue weighted by Crippen LogP contribution is 2.16. The Hall–Kier alpha value is -1.42. The lowest BCUT2D eigenvalue weighted by molar-refractivity contribution is -0.126. The number of rotatable bonds is 4. The number of Topliss-reactive ketones (excluding diaryl/α,β-unsaturated/α-hetero) is 2. The zero-order chi connectivity index (χ0) is 13.1. The normalized spacial score (nSPS) is 21.2. The van der Waals surface area contributed by atoms with Crippen molar-refractivity contribution in [3.63, 3.8) is 0 Å². The number of aromatic nitrogens is 1. The topological polar surface area (TPSA) is 42.3 Å². The van der Waals surface area contributed by atoms with E-state index >= 15 is 0 Å². The SMILES string of the molecule is CCC1CN(CC(=O)c2cccn2C)CCC1=O. The van der Waals surface area contributed by atoms with Crippen LogP contribution in [0.5, 0.6) is 0 Å². The summed E-state index contributed by atoms with van der Waals surface area (Å²) in [5.41, 5.74) is 0.736. The average Bonchev–Trinajstić information content (AvgIpc) is 2.78. The fourth-order valence-electron chi connectivity index (χ4n) is 2.51. The van der Waals surface area contributed by atoms with Crippen molar-refractivity contribution < 1.29 is 9.59 Å². The molecule has 0 radical (unpaired) electrons. The molecule has 0 spiro atoms. The van der Waals surface area contributed by atoms with Crippen molar-refractivity contribution in [1.29, 1.82) is 0 Å². The number of aryl methyl sites for hydroxylation is 1. The van der Waals surface area contributed by atoms with E-state index in [4.69, 9.17) is 0 Å². The molecule has 0 bridgehead atoms. The van der Waals surface area contributed by atoms with Gasteiger partial charge in [0.2, 0.25) is 0 Å². The molecule has 4 nitrogen and oxygen atoms in total. The van der Waals surface area contributed by atoms with E-state index in [-0.39, 0.29) is 11.7 Å². The van der Waals surface area contributed by atoms with Gasteiger partial charge in [-0.25, -0.2) is 0 Å². The minimum Gasteiger partial charge on any atom is -0.348 e. The van der Waals surface area contributed by atoms with E-state index in [9.17, 15) is 9.59 Å². The summed E-state index contributed by atoms with van der Waals surface area (Å²) in [4.78, 5) is 25.8. The van der Waals surface area contributed by atoms with Gasteiger partial charge in [-0.05, 0) is 18.6 Å². The van der Waals surface area contributed by atoms with Crippen LogP contribution in [0, 0.1) is 5.92 Å². The second-order valence-corrected chi connectivity index (χ2v) is 4.98. The monoisotopic (exact) mass is 248 g/mol. The zero-order valence-electron chi connectivity index (χ0n) is 11.1. The molecule has 1 atom stereocenters. The molecule has 1 aromatic heterocycles. The molecule has 1 aliphatic rings. The van der Waals surface area contributed by atoms with Crippen molar-refractivity contribution in [2.75, 3.05) is 19.6 Å². The molecule has 0 N–H and O–H groups in total. The molecule has 0 saturated carbocycles.